The quantitative estimate of drug-likeness (QED) is 0.528. The first-order valence-electron chi connectivity index (χ1n) is 12.0. The van der Waals surface area contributed by atoms with Crippen LogP contribution in [-0.2, 0) is 20.8 Å². The normalized spacial score (nSPS) is 21.1. The number of nitrogens with one attached hydrogen (secondary N) is 1. The van der Waals surface area contributed by atoms with Gasteiger partial charge in [-0.15, -0.1) is 0 Å². The minimum atomic E-state index is -4.69. The van der Waals surface area contributed by atoms with E-state index in [1.54, 1.807) is 0 Å². The van der Waals surface area contributed by atoms with Crippen LogP contribution in [0.2, 0.25) is 0 Å². The summed E-state index contributed by atoms with van der Waals surface area (Å²) >= 11 is 0. The van der Waals surface area contributed by atoms with Gasteiger partial charge < -0.3 is 10.2 Å². The van der Waals surface area contributed by atoms with Gasteiger partial charge in [-0.2, -0.15) is 13.2 Å². The molecule has 2 aliphatic rings. The summed E-state index contributed by atoms with van der Waals surface area (Å²) in [4.78, 5) is 32.0. The van der Waals surface area contributed by atoms with Crippen molar-refractivity contribution < 1.29 is 35.6 Å². The lowest BCUT2D eigenvalue weighted by molar-refractivity contribution is -0.137. The van der Waals surface area contributed by atoms with Gasteiger partial charge in [0, 0.05) is 30.3 Å². The number of hydrogen-bond acceptors (Lipinski definition) is 5. The SMILES string of the molecule is CC[C@@H]1CC[C@H](C(=O)NC(c2ccc(C(F)(F)F)cc2F)C2CC2)N1C(=O)c1cncc(S(C)(=O)=O)c1. The molecule has 37 heavy (non-hydrogen) atoms. The third kappa shape index (κ3) is 5.78. The molecule has 0 spiro atoms. The summed E-state index contributed by atoms with van der Waals surface area (Å²) in [6.07, 6.45) is 1.45. The molecule has 1 aliphatic carbocycles. The Kier molecular flexibility index (Phi) is 7.33. The van der Waals surface area contributed by atoms with Gasteiger partial charge in [0.25, 0.3) is 5.91 Å². The van der Waals surface area contributed by atoms with Crippen molar-refractivity contribution in [3.63, 3.8) is 0 Å². The van der Waals surface area contributed by atoms with E-state index in [0.717, 1.165) is 24.6 Å². The molecule has 1 saturated carbocycles. The van der Waals surface area contributed by atoms with E-state index in [1.807, 2.05) is 6.92 Å². The largest absolute Gasteiger partial charge is 0.416 e. The molecule has 1 aromatic heterocycles. The maximum Gasteiger partial charge on any atom is 0.416 e. The number of rotatable bonds is 7. The fraction of sp³-hybridized carbons (Fsp3) is 0.480. The molecule has 1 N–H and O–H groups in total. The van der Waals surface area contributed by atoms with Crippen molar-refractivity contribution in [1.29, 1.82) is 0 Å². The molecule has 1 aromatic carbocycles. The summed E-state index contributed by atoms with van der Waals surface area (Å²) < 4.78 is 77.6. The topological polar surface area (TPSA) is 96.4 Å². The second kappa shape index (κ2) is 10.0. The summed E-state index contributed by atoms with van der Waals surface area (Å²) in [5.74, 6) is -2.27. The zero-order valence-corrected chi connectivity index (χ0v) is 21.1. The number of halogens is 4. The summed E-state index contributed by atoms with van der Waals surface area (Å²) in [5.41, 5.74) is -1.12. The number of carbonyl (C=O) groups excluding carboxylic acids is 2. The van der Waals surface area contributed by atoms with Crippen molar-refractivity contribution in [2.45, 2.75) is 68.2 Å². The zero-order valence-electron chi connectivity index (χ0n) is 20.3. The Hall–Kier alpha value is -3.02. The van der Waals surface area contributed by atoms with Crippen LogP contribution in [0.1, 0.15) is 66.6 Å². The van der Waals surface area contributed by atoms with Crippen LogP contribution in [0.15, 0.2) is 41.6 Å². The standard InChI is InChI=1S/C25H27F4N3O4S/c1-3-17-7-9-21(32(17)24(34)15-10-18(13-30-12-15)37(2,35)36)23(33)31-22(14-4-5-14)19-8-6-16(11-20(19)26)25(27,28)29/h6,8,10-14,17,21-22H,3-5,7,9H2,1-2H3,(H,31,33)/t17-,21-,22?/m1/s1. The van der Waals surface area contributed by atoms with Crippen LogP contribution >= 0.6 is 0 Å². The Morgan fingerprint density at radius 2 is 1.84 bits per heavy atom. The minimum Gasteiger partial charge on any atom is -0.347 e. The van der Waals surface area contributed by atoms with Crippen molar-refractivity contribution in [2.24, 2.45) is 5.92 Å². The molecule has 0 radical (unpaired) electrons. The zero-order chi connectivity index (χ0) is 27.1. The number of amides is 2. The van der Waals surface area contributed by atoms with Crippen molar-refractivity contribution in [1.82, 2.24) is 15.2 Å². The van der Waals surface area contributed by atoms with Crippen LogP contribution in [0.3, 0.4) is 0 Å². The van der Waals surface area contributed by atoms with Gasteiger partial charge in [-0.3, -0.25) is 14.6 Å². The summed E-state index contributed by atoms with van der Waals surface area (Å²) in [6.45, 7) is 1.86. The molecule has 3 atom stereocenters. The molecular formula is C25H27F4N3O4S. The van der Waals surface area contributed by atoms with E-state index in [4.69, 9.17) is 0 Å². The minimum absolute atomic E-state index is 0.0219. The number of carbonyl (C=O) groups is 2. The molecular weight excluding hydrogens is 514 g/mol. The van der Waals surface area contributed by atoms with Crippen LogP contribution in [0, 0.1) is 11.7 Å². The average Bonchev–Trinajstić information content (AvgIpc) is 3.58. The maximum atomic E-state index is 14.8. The summed E-state index contributed by atoms with van der Waals surface area (Å²) in [7, 11) is -3.62. The number of benzene rings is 1. The Morgan fingerprint density at radius 3 is 2.41 bits per heavy atom. The van der Waals surface area contributed by atoms with Gasteiger partial charge in [0.2, 0.25) is 5.91 Å². The van der Waals surface area contributed by atoms with E-state index < -0.39 is 51.3 Å². The predicted octanol–water partition coefficient (Wildman–Crippen LogP) is 4.29. The number of aromatic nitrogens is 1. The van der Waals surface area contributed by atoms with E-state index in [1.165, 1.54) is 17.2 Å². The average molecular weight is 542 g/mol. The van der Waals surface area contributed by atoms with E-state index in [2.05, 4.69) is 10.3 Å². The van der Waals surface area contributed by atoms with Crippen molar-refractivity contribution in [3.05, 3.63) is 59.2 Å². The monoisotopic (exact) mass is 541 g/mol. The fourth-order valence-corrected chi connectivity index (χ4v) is 5.41. The highest BCUT2D eigenvalue weighted by atomic mass is 32.2. The number of sulfone groups is 1. The first kappa shape index (κ1) is 27.0. The number of alkyl halides is 3. The Balaban J connectivity index is 1.60. The lowest BCUT2D eigenvalue weighted by Crippen LogP contribution is -2.49. The number of likely N-dealkylation sites (tertiary alicyclic amines) is 1. The first-order valence-corrected chi connectivity index (χ1v) is 13.8. The molecule has 1 unspecified atom stereocenters. The van der Waals surface area contributed by atoms with Gasteiger partial charge in [0.05, 0.1) is 22.1 Å². The maximum absolute atomic E-state index is 14.8. The number of hydrogen-bond donors (Lipinski definition) is 1. The van der Waals surface area contributed by atoms with E-state index >= 15 is 0 Å². The molecule has 7 nitrogen and oxygen atoms in total. The summed E-state index contributed by atoms with van der Waals surface area (Å²) in [5, 5.41) is 2.79. The molecule has 2 fully saturated rings. The predicted molar refractivity (Wildman–Crippen MR) is 126 cm³/mol. The second-order valence-electron chi connectivity index (χ2n) is 9.61. The fourth-order valence-electron chi connectivity index (χ4n) is 4.82. The highest BCUT2D eigenvalue weighted by molar-refractivity contribution is 7.90. The van der Waals surface area contributed by atoms with Crippen molar-refractivity contribution >= 4 is 21.7 Å². The van der Waals surface area contributed by atoms with Gasteiger partial charge in [-0.1, -0.05) is 13.0 Å². The van der Waals surface area contributed by atoms with E-state index in [0.29, 0.717) is 38.2 Å². The Bertz CT molecular complexity index is 1310. The lowest BCUT2D eigenvalue weighted by atomic mass is 9.99. The Labute approximate surface area is 212 Å². The highest BCUT2D eigenvalue weighted by Gasteiger charge is 2.43. The first-order chi connectivity index (χ1) is 17.3. The third-order valence-corrected chi connectivity index (χ3v) is 8.03. The summed E-state index contributed by atoms with van der Waals surface area (Å²) in [6, 6.07) is 1.47. The van der Waals surface area contributed by atoms with Crippen LogP contribution in [0.4, 0.5) is 17.6 Å². The number of nitrogens with zero attached hydrogens (tertiary/aromatic N) is 2. The highest BCUT2D eigenvalue weighted by Crippen LogP contribution is 2.43. The van der Waals surface area contributed by atoms with Crippen LogP contribution in [-0.4, -0.2) is 48.5 Å². The van der Waals surface area contributed by atoms with Gasteiger partial charge in [0.15, 0.2) is 9.84 Å². The molecule has 2 amide bonds. The van der Waals surface area contributed by atoms with E-state index in [-0.39, 0.29) is 28.0 Å². The van der Waals surface area contributed by atoms with Gasteiger partial charge >= 0.3 is 6.18 Å². The molecule has 2 heterocycles. The van der Waals surface area contributed by atoms with Crippen LogP contribution in [0.5, 0.6) is 0 Å². The number of pyridine rings is 1. The van der Waals surface area contributed by atoms with Crippen LogP contribution in [0.25, 0.3) is 0 Å². The molecule has 4 rings (SSSR count). The van der Waals surface area contributed by atoms with Crippen LogP contribution < -0.4 is 5.32 Å². The smallest absolute Gasteiger partial charge is 0.347 e. The molecule has 1 aliphatic heterocycles. The van der Waals surface area contributed by atoms with Gasteiger partial charge in [0.1, 0.15) is 11.9 Å². The molecule has 2 aromatic rings. The van der Waals surface area contributed by atoms with E-state index in [9.17, 15) is 35.6 Å². The Morgan fingerprint density at radius 1 is 1.14 bits per heavy atom. The lowest BCUT2D eigenvalue weighted by Gasteiger charge is -2.31. The molecule has 12 heteroatoms. The van der Waals surface area contributed by atoms with Gasteiger partial charge in [-0.05, 0) is 56.2 Å². The second-order valence-corrected chi connectivity index (χ2v) is 11.6. The van der Waals surface area contributed by atoms with Gasteiger partial charge in [-0.25, -0.2) is 12.8 Å². The van der Waals surface area contributed by atoms with Crippen molar-refractivity contribution in [2.75, 3.05) is 6.26 Å². The molecule has 1 saturated heterocycles. The third-order valence-electron chi connectivity index (χ3n) is 6.95. The molecule has 0 bridgehead atoms. The molecule has 200 valence electrons. The van der Waals surface area contributed by atoms with Crippen molar-refractivity contribution in [3.8, 4) is 0 Å².